The molecule has 0 spiro atoms. The van der Waals surface area contributed by atoms with Gasteiger partial charge in [0.15, 0.2) is 5.78 Å². The van der Waals surface area contributed by atoms with Crippen LogP contribution in [0.3, 0.4) is 0 Å². The molecule has 1 unspecified atom stereocenters. The number of benzene rings is 3. The number of aldehydes is 1. The Morgan fingerprint density at radius 3 is 2.49 bits per heavy atom. The number of nitrogens with zero attached hydrogens (tertiary/aromatic N) is 1. The van der Waals surface area contributed by atoms with Gasteiger partial charge in [0.25, 0.3) is 0 Å². The zero-order valence-corrected chi connectivity index (χ0v) is 20.4. The van der Waals surface area contributed by atoms with E-state index in [4.69, 9.17) is 10.7 Å². The molecule has 6 heteroatoms. The number of nitrogens with two attached hydrogens (primary N) is 1. The molecule has 184 valence electrons. The molecular formula is C31H28N4O2. The van der Waals surface area contributed by atoms with Crippen LogP contribution in [-0.2, 0) is 11.3 Å². The van der Waals surface area contributed by atoms with Crippen molar-refractivity contribution in [3.05, 3.63) is 114 Å². The predicted molar refractivity (Wildman–Crippen MR) is 148 cm³/mol. The SMILES string of the molecule is Nc1ccccc1C(=O)CCNCc1ccc(-c2nc3c(cc2-c2ccccc2)C(C=O)NC=C3)cc1. The maximum absolute atomic E-state index is 12.4. The number of rotatable bonds is 9. The predicted octanol–water partition coefficient (Wildman–Crippen LogP) is 5.17. The van der Waals surface area contributed by atoms with E-state index in [0.717, 1.165) is 45.5 Å². The Morgan fingerprint density at radius 1 is 0.973 bits per heavy atom. The average Bonchev–Trinajstić information content (AvgIpc) is 2.95. The first kappa shape index (κ1) is 24.2. The zero-order valence-electron chi connectivity index (χ0n) is 20.4. The smallest absolute Gasteiger partial charge is 0.166 e. The molecule has 0 saturated carbocycles. The first-order chi connectivity index (χ1) is 18.1. The zero-order chi connectivity index (χ0) is 25.6. The van der Waals surface area contributed by atoms with E-state index in [-0.39, 0.29) is 5.78 Å². The number of anilines is 1. The molecule has 0 amide bonds. The Labute approximate surface area is 216 Å². The number of pyridine rings is 1. The van der Waals surface area contributed by atoms with Gasteiger partial charge >= 0.3 is 0 Å². The van der Waals surface area contributed by atoms with Crippen LogP contribution in [0.1, 0.15) is 39.6 Å². The van der Waals surface area contributed by atoms with Gasteiger partial charge in [-0.1, -0.05) is 66.7 Å². The molecule has 0 fully saturated rings. The van der Waals surface area contributed by atoms with E-state index in [9.17, 15) is 9.59 Å². The third-order valence-electron chi connectivity index (χ3n) is 6.50. The van der Waals surface area contributed by atoms with Gasteiger partial charge in [0.1, 0.15) is 12.3 Å². The lowest BCUT2D eigenvalue weighted by Crippen LogP contribution is -2.21. The van der Waals surface area contributed by atoms with Crippen molar-refractivity contribution in [3.8, 4) is 22.4 Å². The van der Waals surface area contributed by atoms with E-state index in [1.54, 1.807) is 18.3 Å². The minimum atomic E-state index is -0.414. The van der Waals surface area contributed by atoms with Crippen molar-refractivity contribution in [2.45, 2.75) is 19.0 Å². The second kappa shape index (κ2) is 11.0. The van der Waals surface area contributed by atoms with Gasteiger partial charge in [-0.15, -0.1) is 0 Å². The number of Topliss-reactive ketones (excluding diaryl/α,β-unsaturated/α-hetero) is 1. The number of para-hydroxylation sites is 1. The molecule has 4 aromatic rings. The molecule has 0 saturated heterocycles. The van der Waals surface area contributed by atoms with Gasteiger partial charge in [-0.25, -0.2) is 4.98 Å². The second-order valence-electron chi connectivity index (χ2n) is 8.97. The van der Waals surface area contributed by atoms with Crippen molar-refractivity contribution < 1.29 is 9.59 Å². The highest BCUT2D eigenvalue weighted by atomic mass is 16.1. The number of carbonyl (C=O) groups excluding carboxylic acids is 2. The van der Waals surface area contributed by atoms with Crippen LogP contribution in [0.5, 0.6) is 0 Å². The Hall–Kier alpha value is -4.55. The molecule has 1 aliphatic rings. The summed E-state index contributed by atoms with van der Waals surface area (Å²) in [6.45, 7) is 1.22. The number of nitrogens with one attached hydrogen (secondary N) is 2. The van der Waals surface area contributed by atoms with Crippen LogP contribution in [-0.4, -0.2) is 23.6 Å². The van der Waals surface area contributed by atoms with Crippen LogP contribution in [0.4, 0.5) is 5.69 Å². The lowest BCUT2D eigenvalue weighted by Gasteiger charge is -2.21. The number of hydrogen-bond acceptors (Lipinski definition) is 6. The molecular weight excluding hydrogens is 460 g/mol. The van der Waals surface area contributed by atoms with Crippen LogP contribution in [0.25, 0.3) is 28.5 Å². The average molecular weight is 489 g/mol. The first-order valence-corrected chi connectivity index (χ1v) is 12.3. The standard InChI is InChI=1S/C31H28N4O2/c32-27-9-5-4-8-24(27)30(37)15-16-33-19-21-10-12-23(13-11-21)31-25(22-6-2-1-3-7-22)18-26-28(35-31)14-17-34-29(26)20-36/h1-14,17-18,20,29,33-34H,15-16,19,32H2. The van der Waals surface area contributed by atoms with Crippen LogP contribution < -0.4 is 16.4 Å². The summed E-state index contributed by atoms with van der Waals surface area (Å²) in [5, 5.41) is 6.43. The Balaban J connectivity index is 1.32. The van der Waals surface area contributed by atoms with Gasteiger partial charge in [-0.3, -0.25) is 4.79 Å². The van der Waals surface area contributed by atoms with Gasteiger partial charge in [0.2, 0.25) is 0 Å². The molecule has 37 heavy (non-hydrogen) atoms. The molecule has 0 bridgehead atoms. The lowest BCUT2D eigenvalue weighted by atomic mass is 9.93. The second-order valence-corrected chi connectivity index (χ2v) is 8.97. The molecule has 1 atom stereocenters. The summed E-state index contributed by atoms with van der Waals surface area (Å²) in [4.78, 5) is 29.0. The number of carbonyl (C=O) groups is 2. The number of aromatic nitrogens is 1. The molecule has 2 heterocycles. The topological polar surface area (TPSA) is 97.1 Å². The van der Waals surface area contributed by atoms with E-state index in [1.807, 2.05) is 36.4 Å². The monoisotopic (exact) mass is 488 g/mol. The molecule has 1 aliphatic heterocycles. The highest BCUT2D eigenvalue weighted by Crippen LogP contribution is 2.35. The molecule has 3 aromatic carbocycles. The van der Waals surface area contributed by atoms with Crippen molar-refractivity contribution >= 4 is 23.8 Å². The van der Waals surface area contributed by atoms with Crippen LogP contribution >= 0.6 is 0 Å². The summed E-state index contributed by atoms with van der Waals surface area (Å²) in [7, 11) is 0. The van der Waals surface area contributed by atoms with Crippen molar-refractivity contribution in [2.24, 2.45) is 0 Å². The third kappa shape index (κ3) is 5.34. The van der Waals surface area contributed by atoms with Gasteiger partial charge in [-0.2, -0.15) is 0 Å². The first-order valence-electron chi connectivity index (χ1n) is 12.3. The molecule has 5 rings (SSSR count). The normalized spacial score (nSPS) is 14.0. The number of fused-ring (bicyclic) bond motifs is 1. The van der Waals surface area contributed by atoms with Crippen molar-refractivity contribution in [1.82, 2.24) is 15.6 Å². The number of nitrogen functional groups attached to an aromatic ring is 1. The van der Waals surface area contributed by atoms with Gasteiger partial charge in [0.05, 0.1) is 11.4 Å². The summed E-state index contributed by atoms with van der Waals surface area (Å²) in [6, 6.07) is 27.2. The summed E-state index contributed by atoms with van der Waals surface area (Å²) < 4.78 is 0. The van der Waals surface area contributed by atoms with E-state index in [0.29, 0.717) is 30.8 Å². The summed E-state index contributed by atoms with van der Waals surface area (Å²) in [5.41, 5.74) is 13.7. The molecule has 1 aromatic heterocycles. The van der Waals surface area contributed by atoms with E-state index in [1.165, 1.54) is 0 Å². The van der Waals surface area contributed by atoms with Gasteiger partial charge in [-0.05, 0) is 41.6 Å². The highest BCUT2D eigenvalue weighted by Gasteiger charge is 2.21. The van der Waals surface area contributed by atoms with Crippen LogP contribution in [0.2, 0.25) is 0 Å². The maximum Gasteiger partial charge on any atom is 0.166 e. The Morgan fingerprint density at radius 2 is 1.73 bits per heavy atom. The van der Waals surface area contributed by atoms with Crippen LogP contribution in [0, 0.1) is 0 Å². The fourth-order valence-corrected chi connectivity index (χ4v) is 4.52. The molecule has 4 N–H and O–H groups in total. The summed E-state index contributed by atoms with van der Waals surface area (Å²) in [5.74, 6) is 0.0361. The highest BCUT2D eigenvalue weighted by molar-refractivity contribution is 6.00. The Bertz CT molecular complexity index is 1450. The third-order valence-corrected chi connectivity index (χ3v) is 6.50. The summed E-state index contributed by atoms with van der Waals surface area (Å²) in [6.07, 6.45) is 4.96. The van der Waals surface area contributed by atoms with Crippen molar-refractivity contribution in [2.75, 3.05) is 12.3 Å². The van der Waals surface area contributed by atoms with Crippen molar-refractivity contribution in [1.29, 1.82) is 0 Å². The quantitative estimate of drug-likeness (QED) is 0.130. The number of ketones is 1. The van der Waals surface area contributed by atoms with E-state index < -0.39 is 6.04 Å². The van der Waals surface area contributed by atoms with Crippen LogP contribution in [0.15, 0.2) is 91.1 Å². The summed E-state index contributed by atoms with van der Waals surface area (Å²) >= 11 is 0. The Kier molecular flexibility index (Phi) is 7.19. The lowest BCUT2D eigenvalue weighted by molar-refractivity contribution is -0.109. The van der Waals surface area contributed by atoms with Gasteiger partial charge in [0, 0.05) is 47.5 Å². The van der Waals surface area contributed by atoms with Crippen molar-refractivity contribution in [3.63, 3.8) is 0 Å². The van der Waals surface area contributed by atoms with Gasteiger partial charge < -0.3 is 21.2 Å². The fourth-order valence-electron chi connectivity index (χ4n) is 4.52. The maximum atomic E-state index is 12.4. The minimum absolute atomic E-state index is 0.0361. The largest absolute Gasteiger partial charge is 0.398 e. The number of hydrogen-bond donors (Lipinski definition) is 3. The van der Waals surface area contributed by atoms with E-state index >= 15 is 0 Å². The molecule has 0 radical (unpaired) electrons. The molecule has 6 nitrogen and oxygen atoms in total. The minimum Gasteiger partial charge on any atom is -0.398 e. The fraction of sp³-hybridized carbons (Fsp3) is 0.129. The van der Waals surface area contributed by atoms with E-state index in [2.05, 4.69) is 53.1 Å². The molecule has 0 aliphatic carbocycles.